The zero-order valence-electron chi connectivity index (χ0n) is 15.6. The highest BCUT2D eigenvalue weighted by molar-refractivity contribution is 14.0. The molecule has 0 aliphatic rings. The third-order valence-electron chi connectivity index (χ3n) is 3.70. The number of nitrogens with one attached hydrogen (secondary N) is 2. The van der Waals surface area contributed by atoms with Gasteiger partial charge in [-0.25, -0.2) is 14.4 Å². The van der Waals surface area contributed by atoms with E-state index in [1.807, 2.05) is 27.0 Å². The molecule has 26 heavy (non-hydrogen) atoms. The van der Waals surface area contributed by atoms with Crippen molar-refractivity contribution in [2.24, 2.45) is 4.99 Å². The number of aliphatic imine (C=N–C) groups is 1. The van der Waals surface area contributed by atoms with E-state index in [9.17, 15) is 4.39 Å². The number of hydrogen-bond acceptors (Lipinski definition) is 4. The van der Waals surface area contributed by atoms with Crippen LogP contribution in [0.1, 0.15) is 35.4 Å². The smallest absolute Gasteiger partial charge is 0.214 e. The van der Waals surface area contributed by atoms with E-state index in [1.165, 1.54) is 6.07 Å². The lowest BCUT2D eigenvalue weighted by molar-refractivity contribution is 0.463. The van der Waals surface area contributed by atoms with Crippen LogP contribution in [0, 0.1) is 19.7 Å². The standard InChI is InChI=1S/C18H25FN4OS.HI/c1-5-20-18(22-10-17-23-12(2)13(3)24-17)21-9-14-6-7-16(19)8-15(14)11-25-4;/h6-8H,5,9-11H2,1-4H3,(H2,20,21,22);1H. The second kappa shape index (κ2) is 11.4. The molecule has 144 valence electrons. The van der Waals surface area contributed by atoms with E-state index in [4.69, 9.17) is 4.42 Å². The van der Waals surface area contributed by atoms with Gasteiger partial charge in [-0.1, -0.05) is 6.07 Å². The summed E-state index contributed by atoms with van der Waals surface area (Å²) < 4.78 is 19.0. The number of thioether (sulfide) groups is 1. The number of oxazole rings is 1. The van der Waals surface area contributed by atoms with Crippen molar-refractivity contribution in [1.82, 2.24) is 15.6 Å². The zero-order valence-corrected chi connectivity index (χ0v) is 18.7. The summed E-state index contributed by atoms with van der Waals surface area (Å²) in [6.45, 7) is 7.51. The maximum absolute atomic E-state index is 13.4. The quantitative estimate of drug-likeness (QED) is 0.345. The van der Waals surface area contributed by atoms with Crippen LogP contribution in [0.15, 0.2) is 27.6 Å². The molecule has 2 aromatic rings. The maximum Gasteiger partial charge on any atom is 0.214 e. The van der Waals surface area contributed by atoms with Crippen molar-refractivity contribution in [3.63, 3.8) is 0 Å². The van der Waals surface area contributed by atoms with Crippen LogP contribution in [0.3, 0.4) is 0 Å². The minimum Gasteiger partial charge on any atom is -0.444 e. The minimum absolute atomic E-state index is 0. The normalized spacial score (nSPS) is 11.2. The Morgan fingerprint density at radius 2 is 2.04 bits per heavy atom. The van der Waals surface area contributed by atoms with Crippen LogP contribution in [0.5, 0.6) is 0 Å². The summed E-state index contributed by atoms with van der Waals surface area (Å²) in [6.07, 6.45) is 2.00. The van der Waals surface area contributed by atoms with Crippen molar-refractivity contribution in [1.29, 1.82) is 0 Å². The first-order chi connectivity index (χ1) is 12.0. The summed E-state index contributed by atoms with van der Waals surface area (Å²) in [5.41, 5.74) is 2.90. The maximum atomic E-state index is 13.4. The average Bonchev–Trinajstić information content (AvgIpc) is 2.90. The molecule has 0 radical (unpaired) electrons. The number of nitrogens with zero attached hydrogens (tertiary/aromatic N) is 2. The summed E-state index contributed by atoms with van der Waals surface area (Å²) >= 11 is 1.67. The van der Waals surface area contributed by atoms with Crippen LogP contribution < -0.4 is 10.6 Å². The van der Waals surface area contributed by atoms with Gasteiger partial charge in [0.1, 0.15) is 11.6 Å². The minimum atomic E-state index is -0.212. The molecule has 0 aliphatic heterocycles. The van der Waals surface area contributed by atoms with Crippen LogP contribution in [-0.2, 0) is 18.8 Å². The highest BCUT2D eigenvalue weighted by Gasteiger charge is 2.07. The third-order valence-corrected chi connectivity index (χ3v) is 4.30. The number of benzene rings is 1. The van der Waals surface area contributed by atoms with Gasteiger partial charge >= 0.3 is 0 Å². The second-order valence-electron chi connectivity index (χ2n) is 5.64. The van der Waals surface area contributed by atoms with E-state index in [0.29, 0.717) is 24.9 Å². The fourth-order valence-corrected chi connectivity index (χ4v) is 2.90. The lowest BCUT2D eigenvalue weighted by Crippen LogP contribution is -2.36. The Morgan fingerprint density at radius 1 is 1.27 bits per heavy atom. The number of guanidine groups is 1. The fourth-order valence-electron chi connectivity index (χ4n) is 2.32. The molecular formula is C18H26FIN4OS. The van der Waals surface area contributed by atoms with E-state index < -0.39 is 0 Å². The van der Waals surface area contributed by atoms with Gasteiger partial charge in [0, 0.05) is 12.3 Å². The van der Waals surface area contributed by atoms with Crippen LogP contribution in [0.2, 0.25) is 0 Å². The van der Waals surface area contributed by atoms with Crippen LogP contribution in [-0.4, -0.2) is 23.7 Å². The van der Waals surface area contributed by atoms with E-state index in [-0.39, 0.29) is 29.8 Å². The van der Waals surface area contributed by atoms with Crippen LogP contribution >= 0.6 is 35.7 Å². The molecule has 0 amide bonds. The summed E-state index contributed by atoms with van der Waals surface area (Å²) in [7, 11) is 0. The highest BCUT2D eigenvalue weighted by atomic mass is 127. The van der Waals surface area contributed by atoms with Crippen LogP contribution in [0.4, 0.5) is 4.39 Å². The first-order valence-corrected chi connectivity index (χ1v) is 9.64. The number of aryl methyl sites for hydroxylation is 2. The topological polar surface area (TPSA) is 62.5 Å². The SMILES string of the molecule is CCNC(=NCc1ccc(F)cc1CSC)NCc1nc(C)c(C)o1.I. The molecule has 1 aromatic carbocycles. The fraction of sp³-hybridized carbons (Fsp3) is 0.444. The predicted molar refractivity (Wildman–Crippen MR) is 117 cm³/mol. The Balaban J connectivity index is 0.00000338. The van der Waals surface area contributed by atoms with Gasteiger partial charge in [0.2, 0.25) is 5.89 Å². The van der Waals surface area contributed by atoms with Gasteiger partial charge in [0.05, 0.1) is 18.8 Å². The van der Waals surface area contributed by atoms with Crippen molar-refractivity contribution < 1.29 is 8.81 Å². The Bertz CT molecular complexity index is 716. The number of hydrogen-bond donors (Lipinski definition) is 2. The van der Waals surface area contributed by atoms with Crippen molar-refractivity contribution in [2.45, 2.75) is 39.6 Å². The van der Waals surface area contributed by atoms with Gasteiger partial charge in [0.15, 0.2) is 5.96 Å². The molecule has 2 N–H and O–H groups in total. The van der Waals surface area contributed by atoms with E-state index in [1.54, 1.807) is 23.9 Å². The Labute approximate surface area is 175 Å². The lowest BCUT2D eigenvalue weighted by Gasteiger charge is -2.11. The first-order valence-electron chi connectivity index (χ1n) is 8.24. The predicted octanol–water partition coefficient (Wildman–Crippen LogP) is 4.17. The molecule has 0 bridgehead atoms. The molecule has 0 aliphatic carbocycles. The van der Waals surface area contributed by atoms with E-state index in [2.05, 4.69) is 20.6 Å². The molecule has 1 aromatic heterocycles. The number of halogens is 2. The summed E-state index contributed by atoms with van der Waals surface area (Å²) in [5.74, 6) is 2.69. The van der Waals surface area contributed by atoms with Crippen LogP contribution in [0.25, 0.3) is 0 Å². The van der Waals surface area contributed by atoms with Gasteiger partial charge in [-0.15, -0.1) is 24.0 Å². The molecule has 8 heteroatoms. The molecule has 0 atom stereocenters. The van der Waals surface area contributed by atoms with Crippen molar-refractivity contribution >= 4 is 41.7 Å². The third kappa shape index (κ3) is 6.79. The molecule has 0 saturated carbocycles. The van der Waals surface area contributed by atoms with Crippen molar-refractivity contribution in [3.8, 4) is 0 Å². The highest BCUT2D eigenvalue weighted by Crippen LogP contribution is 2.17. The molecule has 5 nitrogen and oxygen atoms in total. The van der Waals surface area contributed by atoms with Gasteiger partial charge in [-0.05, 0) is 50.3 Å². The lowest BCUT2D eigenvalue weighted by atomic mass is 10.1. The van der Waals surface area contributed by atoms with E-state index in [0.717, 1.165) is 34.9 Å². The molecular weight excluding hydrogens is 466 g/mol. The molecule has 0 saturated heterocycles. The molecule has 2 rings (SSSR count). The molecule has 1 heterocycles. The molecule has 0 unspecified atom stereocenters. The zero-order chi connectivity index (χ0) is 18.2. The van der Waals surface area contributed by atoms with Crippen molar-refractivity contribution in [2.75, 3.05) is 12.8 Å². The van der Waals surface area contributed by atoms with E-state index >= 15 is 0 Å². The van der Waals surface area contributed by atoms with Gasteiger partial charge < -0.3 is 15.1 Å². The molecule has 0 spiro atoms. The Morgan fingerprint density at radius 3 is 2.65 bits per heavy atom. The summed E-state index contributed by atoms with van der Waals surface area (Å²) in [6, 6.07) is 4.86. The Hall–Kier alpha value is -1.29. The average molecular weight is 492 g/mol. The summed E-state index contributed by atoms with van der Waals surface area (Å²) in [4.78, 5) is 8.95. The number of rotatable bonds is 7. The first kappa shape index (κ1) is 22.8. The second-order valence-corrected chi connectivity index (χ2v) is 6.51. The Kier molecular flexibility index (Phi) is 10.0. The van der Waals surface area contributed by atoms with Gasteiger partial charge in [0.25, 0.3) is 0 Å². The largest absolute Gasteiger partial charge is 0.444 e. The monoisotopic (exact) mass is 492 g/mol. The molecule has 0 fully saturated rings. The number of aromatic nitrogens is 1. The van der Waals surface area contributed by atoms with Gasteiger partial charge in [-0.2, -0.15) is 11.8 Å². The summed E-state index contributed by atoms with van der Waals surface area (Å²) in [5, 5.41) is 6.41. The van der Waals surface area contributed by atoms with Gasteiger partial charge in [-0.3, -0.25) is 0 Å². The van der Waals surface area contributed by atoms with Crippen molar-refractivity contribution in [3.05, 3.63) is 52.5 Å².